The summed E-state index contributed by atoms with van der Waals surface area (Å²) in [5, 5.41) is 0. The fourth-order valence-electron chi connectivity index (χ4n) is 5.40. The molecule has 158 valence electrons. The Morgan fingerprint density at radius 2 is 1.87 bits per heavy atom. The third-order valence-corrected chi connectivity index (χ3v) is 7.53. The normalized spacial score (nSPS) is 23.0. The van der Waals surface area contributed by atoms with E-state index in [1.54, 1.807) is 0 Å². The SMILES string of the molecule is Cc1nc2c(n1CC1CC1)CN(C(=O)C1CC1)CC21CCN(c2ncccn2)CC1. The predicted octanol–water partition coefficient (Wildman–Crippen LogP) is 2.68. The molecule has 0 atom stereocenters. The molecule has 6 rings (SSSR count). The molecule has 0 N–H and O–H groups in total. The summed E-state index contributed by atoms with van der Waals surface area (Å²) in [6.45, 7) is 6.59. The second-order valence-electron chi connectivity index (χ2n) is 9.79. The first-order valence-corrected chi connectivity index (χ1v) is 11.5. The second-order valence-corrected chi connectivity index (χ2v) is 9.79. The van der Waals surface area contributed by atoms with E-state index in [1.165, 1.54) is 24.2 Å². The van der Waals surface area contributed by atoms with Gasteiger partial charge in [-0.15, -0.1) is 0 Å². The number of aryl methyl sites for hydroxylation is 1. The van der Waals surface area contributed by atoms with E-state index in [-0.39, 0.29) is 11.3 Å². The summed E-state index contributed by atoms with van der Waals surface area (Å²) in [4.78, 5) is 31.6. The Kier molecular flexibility index (Phi) is 4.15. The minimum Gasteiger partial charge on any atom is -0.341 e. The van der Waals surface area contributed by atoms with Crippen LogP contribution in [0.4, 0.5) is 5.95 Å². The highest BCUT2D eigenvalue weighted by Gasteiger charge is 2.48. The van der Waals surface area contributed by atoms with E-state index in [2.05, 4.69) is 31.3 Å². The lowest BCUT2D eigenvalue weighted by Crippen LogP contribution is -2.54. The maximum Gasteiger partial charge on any atom is 0.226 e. The van der Waals surface area contributed by atoms with Crippen LogP contribution >= 0.6 is 0 Å². The van der Waals surface area contributed by atoms with Gasteiger partial charge in [0.25, 0.3) is 0 Å². The Balaban J connectivity index is 1.33. The minimum absolute atomic E-state index is 0.0387. The quantitative estimate of drug-likeness (QED) is 0.781. The van der Waals surface area contributed by atoms with Crippen molar-refractivity contribution in [2.24, 2.45) is 11.8 Å². The zero-order valence-electron chi connectivity index (χ0n) is 17.8. The standard InChI is InChI=1S/C23H30N6O/c1-16-26-20-19(29(16)13-17-3-4-17)14-28(21(30)18-5-6-18)15-23(20)7-11-27(12-8-23)22-24-9-2-10-25-22/h2,9-10,17-18H,3-8,11-15H2,1H3. The largest absolute Gasteiger partial charge is 0.341 e. The van der Waals surface area contributed by atoms with Gasteiger partial charge in [-0.2, -0.15) is 0 Å². The molecule has 0 radical (unpaired) electrons. The van der Waals surface area contributed by atoms with Crippen LogP contribution in [0, 0.1) is 18.8 Å². The van der Waals surface area contributed by atoms with Gasteiger partial charge in [-0.1, -0.05) is 0 Å². The van der Waals surface area contributed by atoms with Gasteiger partial charge in [-0.05, 0) is 57.4 Å². The minimum atomic E-state index is -0.0387. The van der Waals surface area contributed by atoms with Crippen molar-refractivity contribution in [3.05, 3.63) is 35.7 Å². The van der Waals surface area contributed by atoms with E-state index >= 15 is 0 Å². The summed E-state index contributed by atoms with van der Waals surface area (Å²) in [5.74, 6) is 3.36. The molecule has 2 aromatic heterocycles. The molecule has 7 heteroatoms. The first-order chi connectivity index (χ1) is 14.6. The molecule has 0 bridgehead atoms. The molecule has 4 heterocycles. The molecule has 2 aromatic rings. The zero-order chi connectivity index (χ0) is 20.3. The van der Waals surface area contributed by atoms with Crippen molar-refractivity contribution in [1.82, 2.24) is 24.4 Å². The van der Waals surface area contributed by atoms with Crippen molar-refractivity contribution in [1.29, 1.82) is 0 Å². The molecule has 1 amide bonds. The highest BCUT2D eigenvalue weighted by molar-refractivity contribution is 5.81. The van der Waals surface area contributed by atoms with Crippen LogP contribution in [0.2, 0.25) is 0 Å². The number of piperidine rings is 1. The number of hydrogen-bond acceptors (Lipinski definition) is 5. The monoisotopic (exact) mass is 406 g/mol. The third-order valence-electron chi connectivity index (χ3n) is 7.53. The number of aromatic nitrogens is 4. The topological polar surface area (TPSA) is 67.2 Å². The predicted molar refractivity (Wildman–Crippen MR) is 113 cm³/mol. The summed E-state index contributed by atoms with van der Waals surface area (Å²) in [5.41, 5.74) is 2.54. The van der Waals surface area contributed by atoms with Crippen molar-refractivity contribution in [3.8, 4) is 0 Å². The Labute approximate surface area is 177 Å². The van der Waals surface area contributed by atoms with Crippen molar-refractivity contribution in [3.63, 3.8) is 0 Å². The van der Waals surface area contributed by atoms with Crippen LogP contribution in [0.3, 0.4) is 0 Å². The van der Waals surface area contributed by atoms with Gasteiger partial charge in [-0.25, -0.2) is 15.0 Å². The summed E-state index contributed by atoms with van der Waals surface area (Å²) >= 11 is 0. The number of anilines is 1. The van der Waals surface area contributed by atoms with E-state index < -0.39 is 0 Å². The fraction of sp³-hybridized carbons (Fsp3) is 0.652. The van der Waals surface area contributed by atoms with Crippen LogP contribution in [-0.2, 0) is 23.3 Å². The zero-order valence-corrected chi connectivity index (χ0v) is 17.8. The molecule has 7 nitrogen and oxygen atoms in total. The van der Waals surface area contributed by atoms with Crippen molar-refractivity contribution < 1.29 is 4.79 Å². The third kappa shape index (κ3) is 3.10. The van der Waals surface area contributed by atoms with Gasteiger partial charge in [0.2, 0.25) is 11.9 Å². The van der Waals surface area contributed by atoms with E-state index in [1.807, 2.05) is 18.5 Å². The Bertz CT molecular complexity index is 954. The van der Waals surface area contributed by atoms with E-state index in [9.17, 15) is 4.79 Å². The van der Waals surface area contributed by atoms with Crippen molar-refractivity contribution in [2.75, 3.05) is 24.5 Å². The highest BCUT2D eigenvalue weighted by atomic mass is 16.2. The van der Waals surface area contributed by atoms with Crippen LogP contribution in [0.1, 0.15) is 55.7 Å². The molecule has 2 saturated carbocycles. The molecule has 1 spiro atoms. The lowest BCUT2D eigenvalue weighted by Gasteiger charge is -2.47. The lowest BCUT2D eigenvalue weighted by atomic mass is 9.72. The number of fused-ring (bicyclic) bond motifs is 2. The van der Waals surface area contributed by atoms with E-state index in [0.29, 0.717) is 5.91 Å². The molecule has 1 saturated heterocycles. The molecule has 0 aromatic carbocycles. The number of amides is 1. The van der Waals surface area contributed by atoms with Gasteiger partial charge in [0.15, 0.2) is 0 Å². The van der Waals surface area contributed by atoms with Gasteiger partial charge in [0.1, 0.15) is 5.82 Å². The van der Waals surface area contributed by atoms with Gasteiger partial charge < -0.3 is 14.4 Å². The molecule has 4 aliphatic rings. The number of carbonyl (C=O) groups is 1. The van der Waals surface area contributed by atoms with E-state index in [0.717, 1.165) is 76.1 Å². The number of imidazole rings is 1. The highest BCUT2D eigenvalue weighted by Crippen LogP contribution is 2.44. The van der Waals surface area contributed by atoms with Crippen LogP contribution in [0.5, 0.6) is 0 Å². The fourth-order valence-corrected chi connectivity index (χ4v) is 5.40. The molecule has 2 aliphatic heterocycles. The number of rotatable bonds is 4. The average molecular weight is 407 g/mol. The van der Waals surface area contributed by atoms with Gasteiger partial charge >= 0.3 is 0 Å². The van der Waals surface area contributed by atoms with Crippen LogP contribution in [0.15, 0.2) is 18.5 Å². The van der Waals surface area contributed by atoms with Crippen molar-refractivity contribution >= 4 is 11.9 Å². The molecule has 3 fully saturated rings. The Morgan fingerprint density at radius 3 is 2.53 bits per heavy atom. The maximum absolute atomic E-state index is 13.1. The second kappa shape index (κ2) is 6.79. The Morgan fingerprint density at radius 1 is 1.13 bits per heavy atom. The molecule has 2 aliphatic carbocycles. The van der Waals surface area contributed by atoms with Gasteiger partial charge in [-0.3, -0.25) is 4.79 Å². The van der Waals surface area contributed by atoms with Crippen LogP contribution < -0.4 is 4.90 Å². The number of carbonyl (C=O) groups excluding carboxylic acids is 1. The molecular weight excluding hydrogens is 376 g/mol. The molecule has 0 unspecified atom stereocenters. The molecular formula is C23H30N6O. The summed E-state index contributed by atoms with van der Waals surface area (Å²) in [6, 6.07) is 1.86. The van der Waals surface area contributed by atoms with Crippen LogP contribution in [-0.4, -0.2) is 50.0 Å². The van der Waals surface area contributed by atoms with Gasteiger partial charge in [0.05, 0.1) is 17.9 Å². The van der Waals surface area contributed by atoms with Crippen LogP contribution in [0.25, 0.3) is 0 Å². The molecule has 30 heavy (non-hydrogen) atoms. The summed E-state index contributed by atoms with van der Waals surface area (Å²) in [6.07, 6.45) is 10.4. The average Bonchev–Trinajstić information content (AvgIpc) is 3.69. The summed E-state index contributed by atoms with van der Waals surface area (Å²) < 4.78 is 2.44. The number of nitrogens with zero attached hydrogens (tertiary/aromatic N) is 6. The first kappa shape index (κ1) is 18.3. The number of hydrogen-bond donors (Lipinski definition) is 0. The Hall–Kier alpha value is -2.44. The van der Waals surface area contributed by atoms with Gasteiger partial charge in [0, 0.05) is 49.9 Å². The smallest absolute Gasteiger partial charge is 0.226 e. The first-order valence-electron chi connectivity index (χ1n) is 11.5. The van der Waals surface area contributed by atoms with Crippen molar-refractivity contribution in [2.45, 2.75) is 64.0 Å². The summed E-state index contributed by atoms with van der Waals surface area (Å²) in [7, 11) is 0. The lowest BCUT2D eigenvalue weighted by molar-refractivity contribution is -0.135. The maximum atomic E-state index is 13.1. The van der Waals surface area contributed by atoms with E-state index in [4.69, 9.17) is 4.98 Å².